The van der Waals surface area contributed by atoms with E-state index in [-0.39, 0.29) is 18.0 Å². The van der Waals surface area contributed by atoms with Gasteiger partial charge in [0.15, 0.2) is 0 Å². The maximum atomic E-state index is 14.6. The van der Waals surface area contributed by atoms with Crippen molar-refractivity contribution in [3.8, 4) is 5.75 Å². The molecule has 3 atom stereocenters. The zero-order valence-electron chi connectivity index (χ0n) is 20.0. The van der Waals surface area contributed by atoms with E-state index in [4.69, 9.17) is 16.3 Å². The second-order valence-corrected chi connectivity index (χ2v) is 9.98. The molecule has 0 aromatic heterocycles. The van der Waals surface area contributed by atoms with Gasteiger partial charge in [-0.25, -0.2) is 0 Å². The number of rotatable bonds is 5. The van der Waals surface area contributed by atoms with Crippen molar-refractivity contribution >= 4 is 23.2 Å². The standard InChI is InChI=1S/C31H27ClN2O2/c1-36-25-17-11-21(12-18-25)20-34-28-10-6-5-9-26(28)31(30(34)35)19-27(22-7-3-2-4-8-22)33-29(31)23-13-15-24(32)16-14-23/h2-18,27,29,33H,19-20H2,1H3. The first-order valence-electron chi connectivity index (χ1n) is 12.2. The highest BCUT2D eigenvalue weighted by Gasteiger charge is 2.60. The number of nitrogens with one attached hydrogen (secondary N) is 1. The summed E-state index contributed by atoms with van der Waals surface area (Å²) in [6.07, 6.45) is 0.680. The van der Waals surface area contributed by atoms with Crippen LogP contribution in [0.2, 0.25) is 5.02 Å². The Morgan fingerprint density at radius 1 is 0.889 bits per heavy atom. The Morgan fingerprint density at radius 3 is 2.31 bits per heavy atom. The number of fused-ring (bicyclic) bond motifs is 2. The molecule has 2 aliphatic heterocycles. The fraction of sp³-hybridized carbons (Fsp3) is 0.194. The minimum Gasteiger partial charge on any atom is -0.497 e. The average molecular weight is 495 g/mol. The Bertz CT molecular complexity index is 1390. The van der Waals surface area contributed by atoms with Gasteiger partial charge >= 0.3 is 0 Å². The molecule has 2 aliphatic rings. The van der Waals surface area contributed by atoms with Gasteiger partial charge in [-0.2, -0.15) is 0 Å². The number of nitrogens with zero attached hydrogens (tertiary/aromatic N) is 1. The van der Waals surface area contributed by atoms with Crippen LogP contribution in [-0.4, -0.2) is 13.0 Å². The molecule has 6 rings (SSSR count). The third-order valence-electron chi connectivity index (χ3n) is 7.59. The van der Waals surface area contributed by atoms with Crippen LogP contribution in [0, 0.1) is 0 Å². The van der Waals surface area contributed by atoms with Crippen LogP contribution < -0.4 is 15.0 Å². The quantitative estimate of drug-likeness (QED) is 0.339. The number of carbonyl (C=O) groups is 1. The van der Waals surface area contributed by atoms with Gasteiger partial charge in [0.2, 0.25) is 5.91 Å². The van der Waals surface area contributed by atoms with Gasteiger partial charge in [0.1, 0.15) is 5.75 Å². The molecule has 4 nitrogen and oxygen atoms in total. The number of benzene rings is 4. The highest BCUT2D eigenvalue weighted by molar-refractivity contribution is 6.30. The molecule has 3 unspecified atom stereocenters. The van der Waals surface area contributed by atoms with E-state index in [1.54, 1.807) is 7.11 Å². The van der Waals surface area contributed by atoms with Gasteiger partial charge in [0.25, 0.3) is 0 Å². The van der Waals surface area contributed by atoms with E-state index in [1.807, 2.05) is 71.6 Å². The molecule has 0 aliphatic carbocycles. The highest BCUT2D eigenvalue weighted by Crippen LogP contribution is 2.57. The van der Waals surface area contributed by atoms with Crippen LogP contribution in [0.15, 0.2) is 103 Å². The third-order valence-corrected chi connectivity index (χ3v) is 7.85. The molecule has 1 fully saturated rings. The fourth-order valence-electron chi connectivity index (χ4n) is 5.88. The molecule has 180 valence electrons. The number of para-hydroxylation sites is 1. The summed E-state index contributed by atoms with van der Waals surface area (Å²) in [6.45, 7) is 0.505. The lowest BCUT2D eigenvalue weighted by atomic mass is 9.72. The molecular weight excluding hydrogens is 468 g/mol. The Morgan fingerprint density at radius 2 is 1.58 bits per heavy atom. The zero-order chi connectivity index (χ0) is 24.7. The molecule has 4 aromatic rings. The summed E-state index contributed by atoms with van der Waals surface area (Å²) in [4.78, 5) is 16.5. The number of amides is 1. The molecule has 0 saturated carbocycles. The first kappa shape index (κ1) is 22.8. The average Bonchev–Trinajstić information content (AvgIpc) is 3.44. The van der Waals surface area contributed by atoms with Crippen LogP contribution in [-0.2, 0) is 16.8 Å². The second-order valence-electron chi connectivity index (χ2n) is 9.55. The summed E-state index contributed by atoms with van der Waals surface area (Å²) in [5, 5.41) is 4.52. The summed E-state index contributed by atoms with van der Waals surface area (Å²) < 4.78 is 5.32. The number of methoxy groups -OCH3 is 1. The summed E-state index contributed by atoms with van der Waals surface area (Å²) in [7, 11) is 1.66. The van der Waals surface area contributed by atoms with E-state index in [2.05, 4.69) is 41.7 Å². The van der Waals surface area contributed by atoms with E-state index < -0.39 is 5.41 Å². The first-order valence-corrected chi connectivity index (χ1v) is 12.6. The minimum atomic E-state index is -0.725. The van der Waals surface area contributed by atoms with Gasteiger partial charge < -0.3 is 15.0 Å². The monoisotopic (exact) mass is 494 g/mol. The number of ether oxygens (including phenoxy) is 1. The van der Waals surface area contributed by atoms with Crippen molar-refractivity contribution in [2.45, 2.75) is 30.5 Å². The van der Waals surface area contributed by atoms with Gasteiger partial charge in [-0.15, -0.1) is 0 Å². The SMILES string of the molecule is COc1ccc(CN2C(=O)C3(CC(c4ccccc4)NC3c3ccc(Cl)cc3)c3ccccc32)cc1. The third kappa shape index (κ3) is 3.69. The van der Waals surface area contributed by atoms with Crippen LogP contribution in [0.25, 0.3) is 0 Å². The second kappa shape index (κ2) is 9.12. The molecule has 1 amide bonds. The summed E-state index contributed by atoms with van der Waals surface area (Å²) in [5.41, 5.74) is 4.64. The van der Waals surface area contributed by atoms with E-state index in [9.17, 15) is 4.79 Å². The molecular formula is C31H27ClN2O2. The topological polar surface area (TPSA) is 41.6 Å². The molecule has 0 bridgehead atoms. The van der Waals surface area contributed by atoms with Crippen LogP contribution >= 0.6 is 11.6 Å². The number of carbonyl (C=O) groups excluding carboxylic acids is 1. The van der Waals surface area contributed by atoms with E-state index in [0.717, 1.165) is 28.1 Å². The van der Waals surface area contributed by atoms with Gasteiger partial charge in [-0.3, -0.25) is 4.79 Å². The smallest absolute Gasteiger partial charge is 0.240 e. The largest absolute Gasteiger partial charge is 0.497 e. The van der Waals surface area contributed by atoms with Crippen molar-refractivity contribution in [3.05, 3.63) is 130 Å². The summed E-state index contributed by atoms with van der Waals surface area (Å²) in [6, 6.07) is 34.3. The van der Waals surface area contributed by atoms with E-state index in [0.29, 0.717) is 18.0 Å². The van der Waals surface area contributed by atoms with Crippen molar-refractivity contribution in [1.29, 1.82) is 0 Å². The van der Waals surface area contributed by atoms with Crippen molar-refractivity contribution in [2.75, 3.05) is 12.0 Å². The summed E-state index contributed by atoms with van der Waals surface area (Å²) in [5.74, 6) is 0.933. The lowest BCUT2D eigenvalue weighted by Gasteiger charge is -2.30. The Hall–Kier alpha value is -3.60. The van der Waals surface area contributed by atoms with Crippen LogP contribution in [0.5, 0.6) is 5.75 Å². The number of anilines is 1. The fourth-order valence-corrected chi connectivity index (χ4v) is 6.00. The van der Waals surface area contributed by atoms with Gasteiger partial charge in [0, 0.05) is 16.8 Å². The Kier molecular flexibility index (Phi) is 5.79. The predicted molar refractivity (Wildman–Crippen MR) is 143 cm³/mol. The lowest BCUT2D eigenvalue weighted by Crippen LogP contribution is -2.43. The lowest BCUT2D eigenvalue weighted by molar-refractivity contribution is -0.123. The van der Waals surface area contributed by atoms with E-state index in [1.165, 1.54) is 5.56 Å². The van der Waals surface area contributed by atoms with E-state index >= 15 is 0 Å². The first-order chi connectivity index (χ1) is 17.6. The van der Waals surface area contributed by atoms with Gasteiger partial charge in [0.05, 0.1) is 25.1 Å². The van der Waals surface area contributed by atoms with Crippen LogP contribution in [0.4, 0.5) is 5.69 Å². The number of hydrogen-bond acceptors (Lipinski definition) is 3. The maximum absolute atomic E-state index is 14.6. The Balaban J connectivity index is 1.46. The molecule has 1 saturated heterocycles. The molecule has 5 heteroatoms. The molecule has 0 radical (unpaired) electrons. The molecule has 36 heavy (non-hydrogen) atoms. The van der Waals surface area contributed by atoms with Crippen molar-refractivity contribution in [2.24, 2.45) is 0 Å². The van der Waals surface area contributed by atoms with Crippen molar-refractivity contribution in [1.82, 2.24) is 5.32 Å². The predicted octanol–water partition coefficient (Wildman–Crippen LogP) is 6.61. The number of halogens is 1. The Labute approximate surface area is 216 Å². The normalized spacial score (nSPS) is 22.7. The molecule has 1 N–H and O–H groups in total. The van der Waals surface area contributed by atoms with Gasteiger partial charge in [-0.05, 0) is 59.0 Å². The summed E-state index contributed by atoms with van der Waals surface area (Å²) >= 11 is 6.23. The van der Waals surface area contributed by atoms with Crippen molar-refractivity contribution < 1.29 is 9.53 Å². The maximum Gasteiger partial charge on any atom is 0.240 e. The molecule has 4 aromatic carbocycles. The van der Waals surface area contributed by atoms with Gasteiger partial charge in [-0.1, -0.05) is 84.4 Å². The minimum absolute atomic E-state index is 0.0461. The van der Waals surface area contributed by atoms with Crippen molar-refractivity contribution in [3.63, 3.8) is 0 Å². The van der Waals surface area contributed by atoms with Crippen LogP contribution in [0.1, 0.15) is 40.8 Å². The van der Waals surface area contributed by atoms with Crippen LogP contribution in [0.3, 0.4) is 0 Å². The molecule has 2 heterocycles. The highest BCUT2D eigenvalue weighted by atomic mass is 35.5. The number of hydrogen-bond donors (Lipinski definition) is 1. The molecule has 1 spiro atoms. The zero-order valence-corrected chi connectivity index (χ0v) is 20.8.